The zero-order valence-electron chi connectivity index (χ0n) is 18.5. The van der Waals surface area contributed by atoms with Crippen molar-refractivity contribution in [1.29, 1.82) is 5.26 Å². The quantitative estimate of drug-likeness (QED) is 0.282. The molecule has 1 N–H and O–H groups in total. The fourth-order valence-electron chi connectivity index (χ4n) is 4.04. The van der Waals surface area contributed by atoms with E-state index in [0.717, 1.165) is 44.5 Å². The van der Waals surface area contributed by atoms with E-state index in [1.165, 1.54) is 11.3 Å². The lowest BCUT2D eigenvalue weighted by molar-refractivity contribution is -0.123. The maximum absolute atomic E-state index is 13.1. The summed E-state index contributed by atoms with van der Waals surface area (Å²) in [6, 6.07) is 21.2. The molecule has 5 rings (SSSR count). The number of para-hydroxylation sites is 1. The normalized spacial score (nSPS) is 14.6. The Labute approximate surface area is 215 Å². The van der Waals surface area contributed by atoms with Gasteiger partial charge in [0.25, 0.3) is 11.8 Å². The van der Waals surface area contributed by atoms with Crippen molar-refractivity contribution in [3.05, 3.63) is 98.2 Å². The van der Waals surface area contributed by atoms with E-state index in [1.807, 2.05) is 61.5 Å². The van der Waals surface area contributed by atoms with E-state index in [0.29, 0.717) is 21.9 Å². The summed E-state index contributed by atoms with van der Waals surface area (Å²) in [5.41, 5.74) is 7.05. The van der Waals surface area contributed by atoms with E-state index in [9.17, 15) is 14.9 Å². The predicted molar refractivity (Wildman–Crippen MR) is 144 cm³/mol. The highest BCUT2D eigenvalue weighted by Gasteiger charge is 2.34. The number of benzene rings is 2. The third-order valence-electron chi connectivity index (χ3n) is 5.77. The Bertz CT molecular complexity index is 1560. The Morgan fingerprint density at radius 2 is 1.91 bits per heavy atom. The molecule has 4 aromatic rings. The highest BCUT2D eigenvalue weighted by atomic mass is 32.2. The van der Waals surface area contributed by atoms with E-state index in [4.69, 9.17) is 12.2 Å². The number of rotatable bonds is 5. The molecule has 6 nitrogen and oxygen atoms in total. The Balaban J connectivity index is 1.51. The number of carbonyl (C=O) groups is 2. The number of thiocarbonyl (C=S) groups is 1. The molecule has 0 bridgehead atoms. The van der Waals surface area contributed by atoms with Crippen LogP contribution in [0, 0.1) is 18.3 Å². The van der Waals surface area contributed by atoms with Crippen LogP contribution in [0.15, 0.2) is 70.9 Å². The summed E-state index contributed by atoms with van der Waals surface area (Å²) >= 11 is 7.84. The Morgan fingerprint density at radius 1 is 1.14 bits per heavy atom. The molecule has 1 aliphatic heterocycles. The van der Waals surface area contributed by atoms with Crippen molar-refractivity contribution in [3.8, 4) is 6.07 Å². The smallest absolute Gasteiger partial charge is 0.285 e. The second kappa shape index (κ2) is 9.50. The highest BCUT2D eigenvalue weighted by Crippen LogP contribution is 2.35. The van der Waals surface area contributed by atoms with Gasteiger partial charge in [0.15, 0.2) is 4.32 Å². The van der Waals surface area contributed by atoms with Crippen LogP contribution >= 0.6 is 35.3 Å². The fourth-order valence-corrected chi connectivity index (χ4v) is 5.82. The first-order chi connectivity index (χ1) is 17.0. The minimum Gasteiger partial charge on any atom is -0.340 e. The molecule has 0 atom stereocenters. The molecule has 1 aliphatic rings. The van der Waals surface area contributed by atoms with Crippen LogP contribution in [-0.2, 0) is 11.3 Å². The van der Waals surface area contributed by atoms with Crippen LogP contribution < -0.4 is 5.43 Å². The lowest BCUT2D eigenvalue weighted by Crippen LogP contribution is -2.44. The van der Waals surface area contributed by atoms with Crippen molar-refractivity contribution >= 4 is 68.4 Å². The zero-order valence-corrected chi connectivity index (χ0v) is 21.0. The molecule has 2 amide bonds. The van der Waals surface area contributed by atoms with E-state index in [1.54, 1.807) is 17.5 Å². The first kappa shape index (κ1) is 23.1. The molecule has 0 saturated carbocycles. The molecular weight excluding hydrogens is 497 g/mol. The van der Waals surface area contributed by atoms with Crippen molar-refractivity contribution in [2.75, 3.05) is 0 Å². The molecule has 0 aliphatic carbocycles. The topological polar surface area (TPSA) is 78.1 Å². The number of hydrogen-bond acceptors (Lipinski definition) is 6. The number of thioether (sulfide) groups is 1. The predicted octanol–water partition coefficient (Wildman–Crippen LogP) is 5.48. The Hall–Kier alpha value is -3.71. The molecule has 0 unspecified atom stereocenters. The van der Waals surface area contributed by atoms with Gasteiger partial charge in [-0.05, 0) is 54.4 Å². The average molecular weight is 515 g/mol. The summed E-state index contributed by atoms with van der Waals surface area (Å²) in [7, 11) is 0. The average Bonchev–Trinajstić information content (AvgIpc) is 3.56. The first-order valence-corrected chi connectivity index (χ1v) is 12.8. The molecule has 2 aromatic carbocycles. The van der Waals surface area contributed by atoms with Crippen molar-refractivity contribution in [2.24, 2.45) is 0 Å². The van der Waals surface area contributed by atoms with Crippen molar-refractivity contribution < 1.29 is 9.59 Å². The minimum absolute atomic E-state index is 0.274. The summed E-state index contributed by atoms with van der Waals surface area (Å²) in [6.45, 7) is 2.53. The molecule has 35 heavy (non-hydrogen) atoms. The number of carbonyl (C=O) groups excluding carboxylic acids is 2. The van der Waals surface area contributed by atoms with Crippen LogP contribution in [-0.4, -0.2) is 25.7 Å². The van der Waals surface area contributed by atoms with Gasteiger partial charge >= 0.3 is 0 Å². The van der Waals surface area contributed by atoms with E-state index < -0.39 is 0 Å². The number of nitriles is 1. The molecule has 0 spiro atoms. The number of nitrogens with zero attached hydrogens (tertiary/aromatic N) is 3. The van der Waals surface area contributed by atoms with Gasteiger partial charge in [-0.1, -0.05) is 54.2 Å². The minimum atomic E-state index is -0.374. The lowest BCUT2D eigenvalue weighted by Gasteiger charge is -2.14. The van der Waals surface area contributed by atoms with Gasteiger partial charge in [-0.3, -0.25) is 15.0 Å². The molecule has 2 aromatic heterocycles. The van der Waals surface area contributed by atoms with E-state index >= 15 is 0 Å². The van der Waals surface area contributed by atoms with Crippen LogP contribution in [0.25, 0.3) is 17.0 Å². The number of amides is 2. The Kier molecular flexibility index (Phi) is 6.26. The van der Waals surface area contributed by atoms with Gasteiger partial charge in [0, 0.05) is 28.7 Å². The van der Waals surface area contributed by atoms with Gasteiger partial charge in [0.05, 0.1) is 21.4 Å². The van der Waals surface area contributed by atoms with Gasteiger partial charge in [-0.25, -0.2) is 0 Å². The maximum atomic E-state index is 13.1. The fraction of sp³-hybridized carbons (Fsp3) is 0.0769. The molecule has 172 valence electrons. The molecule has 3 heterocycles. The number of thiophene rings is 1. The van der Waals surface area contributed by atoms with E-state index in [-0.39, 0.29) is 16.1 Å². The summed E-state index contributed by atoms with van der Waals surface area (Å²) in [5, 5.41) is 13.4. The number of fused-ring (bicyclic) bond motifs is 1. The van der Waals surface area contributed by atoms with Crippen molar-refractivity contribution in [2.45, 2.75) is 13.5 Å². The second-order valence-corrected chi connectivity index (χ2v) is 10.4. The van der Waals surface area contributed by atoms with Crippen LogP contribution in [0.5, 0.6) is 0 Å². The Morgan fingerprint density at radius 3 is 2.69 bits per heavy atom. The third kappa shape index (κ3) is 4.28. The third-order valence-corrected chi connectivity index (χ3v) is 7.94. The van der Waals surface area contributed by atoms with Crippen LogP contribution in [0.4, 0.5) is 0 Å². The van der Waals surface area contributed by atoms with Crippen LogP contribution in [0.1, 0.15) is 32.1 Å². The largest absolute Gasteiger partial charge is 0.340 e. The molecule has 9 heteroatoms. The van der Waals surface area contributed by atoms with Gasteiger partial charge in [-0.2, -0.15) is 10.3 Å². The molecule has 1 saturated heterocycles. The maximum Gasteiger partial charge on any atom is 0.285 e. The molecule has 0 radical (unpaired) electrons. The first-order valence-electron chi connectivity index (χ1n) is 10.7. The second-order valence-electron chi connectivity index (χ2n) is 7.81. The van der Waals surface area contributed by atoms with Gasteiger partial charge < -0.3 is 4.57 Å². The van der Waals surface area contributed by atoms with Crippen LogP contribution in [0.2, 0.25) is 0 Å². The number of aromatic nitrogens is 1. The highest BCUT2D eigenvalue weighted by molar-refractivity contribution is 8.26. The summed E-state index contributed by atoms with van der Waals surface area (Å²) < 4.78 is 2.42. The van der Waals surface area contributed by atoms with Gasteiger partial charge in [0.1, 0.15) is 0 Å². The molecule has 1 fully saturated rings. The number of hydrogen-bond donors (Lipinski definition) is 1. The number of nitrogens with one attached hydrogen (secondary N) is 1. The van der Waals surface area contributed by atoms with Crippen LogP contribution in [0.3, 0.4) is 0 Å². The van der Waals surface area contributed by atoms with Gasteiger partial charge in [0.2, 0.25) is 0 Å². The molecular formula is C26H18N4O2S3. The summed E-state index contributed by atoms with van der Waals surface area (Å²) in [4.78, 5) is 26.6. The van der Waals surface area contributed by atoms with E-state index in [2.05, 4.69) is 16.1 Å². The van der Waals surface area contributed by atoms with Gasteiger partial charge in [-0.15, -0.1) is 11.3 Å². The lowest BCUT2D eigenvalue weighted by atomic mass is 10.1. The summed E-state index contributed by atoms with van der Waals surface area (Å²) in [6.07, 6.45) is 1.83. The number of hydrazine groups is 1. The van der Waals surface area contributed by atoms with Crippen molar-refractivity contribution in [1.82, 2.24) is 15.0 Å². The SMILES string of the molecule is Cc1c(/C=C2\SC(=S)N(NC(=O)c3cccs3)C2=O)c2ccccc2n1Cc1ccccc1C#N. The van der Waals surface area contributed by atoms with Crippen molar-refractivity contribution in [3.63, 3.8) is 0 Å². The zero-order chi connectivity index (χ0) is 24.5. The monoisotopic (exact) mass is 514 g/mol. The summed E-state index contributed by atoms with van der Waals surface area (Å²) in [5.74, 6) is -0.738. The standard InChI is InChI=1S/C26H18N4O2S3/c1-16-20(13-23-25(32)30(26(33)35-23)28-24(31)22-11-6-12-34-22)19-9-4-5-10-21(19)29(16)15-18-8-3-2-7-17(18)14-27/h2-13H,15H2,1H3,(H,28,31)/b23-13-.